The van der Waals surface area contributed by atoms with Gasteiger partial charge in [-0.05, 0) is 69.2 Å². The number of H-pyrrole nitrogens is 1. The number of carbonyl (C=O) groups excluding carboxylic acids is 1. The monoisotopic (exact) mass is 563 g/mol. The fraction of sp³-hybridized carbons (Fsp3) is 0.607. The van der Waals surface area contributed by atoms with Gasteiger partial charge < -0.3 is 20.9 Å². The number of hydrogen-bond acceptors (Lipinski definition) is 6. The first kappa shape index (κ1) is 30.4. The zero-order valence-corrected chi connectivity index (χ0v) is 25.3. The number of carbonyl (C=O) groups is 1. The number of rotatable bonds is 10. The summed E-state index contributed by atoms with van der Waals surface area (Å²) < 4.78 is 0. The number of likely N-dealkylation sites (tertiary alicyclic amines) is 1. The predicted octanol–water partition coefficient (Wildman–Crippen LogP) is 5.37. The number of aromatic amines is 1. The normalized spacial score (nSPS) is 17.9. The number of amides is 1. The molecule has 1 aliphatic rings. The average molecular weight is 565 g/mol. The van der Waals surface area contributed by atoms with Crippen LogP contribution in [0, 0.1) is 5.92 Å². The van der Waals surface area contributed by atoms with E-state index in [0.29, 0.717) is 37.2 Å². The summed E-state index contributed by atoms with van der Waals surface area (Å²) in [6, 6.07) is 4.54. The van der Waals surface area contributed by atoms with Gasteiger partial charge in [-0.2, -0.15) is 5.10 Å². The Balaban J connectivity index is 1.88. The fourth-order valence-corrected chi connectivity index (χ4v) is 5.46. The molecule has 1 aromatic heterocycles. The molecule has 4 N–H and O–H groups in total. The zero-order valence-electron chi connectivity index (χ0n) is 23.8. The number of halogens is 2. The molecule has 0 aliphatic carbocycles. The third-order valence-electron chi connectivity index (χ3n) is 7.19. The minimum absolute atomic E-state index is 0.101. The van der Waals surface area contributed by atoms with Crippen molar-refractivity contribution in [2.75, 3.05) is 45.1 Å². The lowest BCUT2D eigenvalue weighted by molar-refractivity contribution is -0.125. The molecule has 1 fully saturated rings. The van der Waals surface area contributed by atoms with Gasteiger partial charge in [0, 0.05) is 48.8 Å². The van der Waals surface area contributed by atoms with Crippen molar-refractivity contribution < 1.29 is 4.79 Å². The van der Waals surface area contributed by atoms with Gasteiger partial charge in [-0.1, -0.05) is 44.0 Å². The average Bonchev–Trinajstić information content (AvgIpc) is 3.47. The van der Waals surface area contributed by atoms with Crippen LogP contribution in [0.1, 0.15) is 59.9 Å². The molecular weight excluding hydrogens is 521 g/mol. The number of fused-ring (bicyclic) bond motifs is 1. The van der Waals surface area contributed by atoms with Crippen molar-refractivity contribution in [3.8, 4) is 0 Å². The Morgan fingerprint density at radius 2 is 2.08 bits per heavy atom. The molecule has 8 nitrogen and oxygen atoms in total. The molecule has 1 aromatic carbocycles. The highest BCUT2D eigenvalue weighted by Gasteiger charge is 2.26. The SMILES string of the molecule is C/C(C(=O)N(C)CCN)=C(Cl)\N=C(\CNc1n[nH]c2cc(Cl)c(C(C)(C)C)cc12)C[C@@H]1CCN(C(C)C)C1. The highest BCUT2D eigenvalue weighted by Crippen LogP contribution is 2.34. The van der Waals surface area contributed by atoms with E-state index in [2.05, 4.69) is 61.1 Å². The Hall–Kier alpha value is -2.13. The largest absolute Gasteiger partial charge is 0.363 e. The Morgan fingerprint density at radius 1 is 1.37 bits per heavy atom. The second-order valence-corrected chi connectivity index (χ2v) is 12.4. The summed E-state index contributed by atoms with van der Waals surface area (Å²) in [6.07, 6.45) is 1.89. The number of benzene rings is 1. The van der Waals surface area contributed by atoms with Crippen molar-refractivity contribution >= 4 is 51.5 Å². The minimum Gasteiger partial charge on any atom is -0.363 e. The van der Waals surface area contributed by atoms with E-state index < -0.39 is 0 Å². The maximum absolute atomic E-state index is 12.8. The van der Waals surface area contributed by atoms with Gasteiger partial charge in [0.15, 0.2) is 5.82 Å². The standard InChI is InChI=1S/C28H43Cl2N7O/c1-17(2)37-10-8-19(16-37)12-20(33-25(30)18(3)27(38)36(7)11-9-31)15-32-26-21-13-22(28(4,5)6)23(29)14-24(21)34-35-26/h13-14,17,19H,8-12,15-16,31H2,1-7H3,(H2,32,34,35)/b25-18+,33-20+/t19-/m0/s1. The van der Waals surface area contributed by atoms with Crippen molar-refractivity contribution in [3.05, 3.63) is 33.4 Å². The smallest absolute Gasteiger partial charge is 0.252 e. The van der Waals surface area contributed by atoms with Crippen molar-refractivity contribution in [1.29, 1.82) is 0 Å². The molecule has 38 heavy (non-hydrogen) atoms. The maximum Gasteiger partial charge on any atom is 0.252 e. The quantitative estimate of drug-likeness (QED) is 0.205. The second kappa shape index (κ2) is 12.8. The first-order valence-corrected chi connectivity index (χ1v) is 14.1. The number of likely N-dealkylation sites (N-methyl/N-ethyl adjacent to an activating group) is 1. The summed E-state index contributed by atoms with van der Waals surface area (Å²) in [6.45, 7) is 16.0. The van der Waals surface area contributed by atoms with Gasteiger partial charge in [-0.15, -0.1) is 0 Å². The highest BCUT2D eigenvalue weighted by molar-refractivity contribution is 6.32. The number of nitrogens with one attached hydrogen (secondary N) is 2. The van der Waals surface area contributed by atoms with Gasteiger partial charge in [0.25, 0.3) is 5.91 Å². The third-order valence-corrected chi connectivity index (χ3v) is 7.87. The Labute approximate surface area is 237 Å². The molecule has 2 heterocycles. The molecule has 1 aliphatic heterocycles. The number of nitrogens with two attached hydrogens (primary N) is 1. The predicted molar refractivity (Wildman–Crippen MR) is 160 cm³/mol. The van der Waals surface area contributed by atoms with Crippen LogP contribution in [0.15, 0.2) is 27.9 Å². The third kappa shape index (κ3) is 7.50. The van der Waals surface area contributed by atoms with Crippen LogP contribution in [0.5, 0.6) is 0 Å². The van der Waals surface area contributed by atoms with E-state index in [-0.39, 0.29) is 16.5 Å². The molecule has 0 spiro atoms. The van der Waals surface area contributed by atoms with Crippen LogP contribution in [-0.2, 0) is 10.2 Å². The van der Waals surface area contributed by atoms with Gasteiger partial charge in [0.2, 0.25) is 0 Å². The Morgan fingerprint density at radius 3 is 2.68 bits per heavy atom. The van der Waals surface area contributed by atoms with Gasteiger partial charge >= 0.3 is 0 Å². The second-order valence-electron chi connectivity index (χ2n) is 11.6. The highest BCUT2D eigenvalue weighted by atomic mass is 35.5. The number of hydrogen-bond donors (Lipinski definition) is 3. The molecule has 3 rings (SSSR count). The summed E-state index contributed by atoms with van der Waals surface area (Å²) in [4.78, 5) is 21.6. The molecule has 2 aromatic rings. The molecule has 10 heteroatoms. The van der Waals surface area contributed by atoms with E-state index in [1.165, 1.54) is 0 Å². The summed E-state index contributed by atoms with van der Waals surface area (Å²) in [5, 5.41) is 13.0. The van der Waals surface area contributed by atoms with E-state index in [1.54, 1.807) is 18.9 Å². The minimum atomic E-state index is -0.173. The van der Waals surface area contributed by atoms with Crippen LogP contribution in [0.25, 0.3) is 10.9 Å². The van der Waals surface area contributed by atoms with Crippen LogP contribution >= 0.6 is 23.2 Å². The number of aromatic nitrogens is 2. The molecular formula is C28H43Cl2N7O. The summed E-state index contributed by atoms with van der Waals surface area (Å²) in [7, 11) is 1.72. The van der Waals surface area contributed by atoms with Crippen LogP contribution in [0.3, 0.4) is 0 Å². The van der Waals surface area contributed by atoms with Crippen molar-refractivity contribution in [2.45, 2.75) is 65.8 Å². The molecule has 0 radical (unpaired) electrons. The van der Waals surface area contributed by atoms with E-state index in [0.717, 1.165) is 58.9 Å². The molecule has 0 bridgehead atoms. The first-order valence-electron chi connectivity index (χ1n) is 13.4. The lowest BCUT2D eigenvalue weighted by atomic mass is 9.86. The molecule has 0 saturated carbocycles. The maximum atomic E-state index is 12.8. The first-order chi connectivity index (χ1) is 17.8. The van der Waals surface area contributed by atoms with E-state index >= 15 is 0 Å². The number of aliphatic imine (C=N–C) groups is 1. The van der Waals surface area contributed by atoms with Gasteiger partial charge in [-0.25, -0.2) is 4.99 Å². The fourth-order valence-electron chi connectivity index (χ4n) is 4.81. The molecule has 0 unspecified atom stereocenters. The molecule has 1 atom stereocenters. The summed E-state index contributed by atoms with van der Waals surface area (Å²) >= 11 is 13.2. The van der Waals surface area contributed by atoms with Gasteiger partial charge in [0.1, 0.15) is 5.16 Å². The van der Waals surface area contributed by atoms with E-state index in [1.807, 2.05) is 6.07 Å². The topological polar surface area (TPSA) is 103 Å². The van der Waals surface area contributed by atoms with Crippen molar-refractivity contribution in [2.24, 2.45) is 16.6 Å². The van der Waals surface area contributed by atoms with E-state index in [4.69, 9.17) is 33.9 Å². The molecule has 1 saturated heterocycles. The van der Waals surface area contributed by atoms with E-state index in [9.17, 15) is 4.79 Å². The lowest BCUT2D eigenvalue weighted by Gasteiger charge is -2.21. The summed E-state index contributed by atoms with van der Waals surface area (Å²) in [5.74, 6) is 1.04. The van der Waals surface area contributed by atoms with Crippen LogP contribution in [-0.4, -0.2) is 77.4 Å². The van der Waals surface area contributed by atoms with Crippen LogP contribution in [0.2, 0.25) is 5.02 Å². The van der Waals surface area contributed by atoms with Gasteiger partial charge in [-0.3, -0.25) is 9.89 Å². The zero-order chi connectivity index (χ0) is 28.2. The molecule has 1 amide bonds. The number of anilines is 1. The Kier molecular flexibility index (Phi) is 10.3. The van der Waals surface area contributed by atoms with Crippen LogP contribution < -0.4 is 11.1 Å². The Bertz CT molecular complexity index is 1200. The van der Waals surface area contributed by atoms with Crippen molar-refractivity contribution in [1.82, 2.24) is 20.0 Å². The van der Waals surface area contributed by atoms with Crippen LogP contribution in [0.4, 0.5) is 5.82 Å². The number of nitrogens with zero attached hydrogens (tertiary/aromatic N) is 4. The molecule has 210 valence electrons. The lowest BCUT2D eigenvalue weighted by Crippen LogP contribution is -2.32. The van der Waals surface area contributed by atoms with Crippen molar-refractivity contribution in [3.63, 3.8) is 0 Å². The summed E-state index contributed by atoms with van der Waals surface area (Å²) in [5.41, 5.74) is 8.74. The van der Waals surface area contributed by atoms with Gasteiger partial charge in [0.05, 0.1) is 17.6 Å².